The summed E-state index contributed by atoms with van der Waals surface area (Å²) in [7, 11) is 3.40. The topological polar surface area (TPSA) is 73.9 Å². The van der Waals surface area contributed by atoms with Crippen LogP contribution in [0.5, 0.6) is 0 Å². The average Bonchev–Trinajstić information content (AvgIpc) is 3.45. The van der Waals surface area contributed by atoms with Crippen LogP contribution < -0.4 is 10.6 Å². The van der Waals surface area contributed by atoms with Gasteiger partial charge in [0.05, 0.1) is 0 Å². The van der Waals surface area contributed by atoms with E-state index in [1.54, 1.807) is 13.2 Å². The first-order valence-electron chi connectivity index (χ1n) is 11.7. The van der Waals surface area contributed by atoms with Crippen molar-refractivity contribution in [2.24, 2.45) is 0 Å². The number of nitrogens with zero attached hydrogens (tertiary/aromatic N) is 2. The summed E-state index contributed by atoms with van der Waals surface area (Å²) >= 11 is 0. The Morgan fingerprint density at radius 3 is 2.88 bits per heavy atom. The fourth-order valence-corrected chi connectivity index (χ4v) is 5.50. The number of rotatable bonds is 6. The van der Waals surface area contributed by atoms with Crippen molar-refractivity contribution in [1.82, 2.24) is 15.1 Å². The van der Waals surface area contributed by atoms with Crippen LogP contribution in [0.1, 0.15) is 43.2 Å². The second-order valence-corrected chi connectivity index (χ2v) is 9.52. The van der Waals surface area contributed by atoms with E-state index < -0.39 is 6.04 Å². The van der Waals surface area contributed by atoms with E-state index in [9.17, 15) is 14.0 Å². The first-order valence-corrected chi connectivity index (χ1v) is 11.7. The van der Waals surface area contributed by atoms with Crippen LogP contribution in [0.4, 0.5) is 10.1 Å². The van der Waals surface area contributed by atoms with E-state index >= 15 is 0 Å². The number of halogens is 1. The number of ether oxygens (including phenoxy) is 1. The number of anilines is 1. The van der Waals surface area contributed by atoms with Gasteiger partial charge in [-0.3, -0.25) is 14.5 Å². The van der Waals surface area contributed by atoms with Gasteiger partial charge in [0.2, 0.25) is 11.8 Å². The summed E-state index contributed by atoms with van der Waals surface area (Å²) in [5, 5.41) is 6.45. The molecule has 2 amide bonds. The minimum absolute atomic E-state index is 0.0184. The fraction of sp³-hybridized carbons (Fsp3) is 0.667. The van der Waals surface area contributed by atoms with Gasteiger partial charge in [0, 0.05) is 63.0 Å². The fourth-order valence-electron chi connectivity index (χ4n) is 5.50. The molecule has 176 valence electrons. The molecule has 0 spiro atoms. The van der Waals surface area contributed by atoms with Crippen molar-refractivity contribution in [2.45, 2.75) is 69.6 Å². The summed E-state index contributed by atoms with van der Waals surface area (Å²) in [4.78, 5) is 29.4. The summed E-state index contributed by atoms with van der Waals surface area (Å²) in [6.07, 6.45) is 5.43. The Morgan fingerprint density at radius 2 is 2.12 bits per heavy atom. The first-order chi connectivity index (χ1) is 15.4. The van der Waals surface area contributed by atoms with E-state index in [2.05, 4.69) is 15.5 Å². The molecule has 3 aliphatic rings. The molecule has 0 bridgehead atoms. The van der Waals surface area contributed by atoms with Crippen molar-refractivity contribution in [3.05, 3.63) is 29.1 Å². The predicted molar refractivity (Wildman–Crippen MR) is 121 cm³/mol. The lowest BCUT2D eigenvalue weighted by atomic mass is 9.89. The molecular formula is C24H35FN4O3. The summed E-state index contributed by atoms with van der Waals surface area (Å²) in [5.74, 6) is -0.275. The van der Waals surface area contributed by atoms with E-state index in [4.69, 9.17) is 4.74 Å². The first kappa shape index (κ1) is 23.0. The van der Waals surface area contributed by atoms with Gasteiger partial charge in [-0.2, -0.15) is 0 Å². The summed E-state index contributed by atoms with van der Waals surface area (Å²) in [6, 6.07) is 3.56. The summed E-state index contributed by atoms with van der Waals surface area (Å²) in [5.41, 5.74) is 2.34. The molecule has 2 aliphatic heterocycles. The highest BCUT2D eigenvalue weighted by Crippen LogP contribution is 2.32. The van der Waals surface area contributed by atoms with Crippen LogP contribution in [0.15, 0.2) is 12.1 Å². The minimum Gasteiger partial charge on any atom is -0.375 e. The number of likely N-dealkylation sites (N-methyl/N-ethyl adjacent to an activating group) is 1. The molecule has 1 saturated heterocycles. The molecule has 2 fully saturated rings. The number of carbonyl (C=O) groups excluding carboxylic acids is 2. The third kappa shape index (κ3) is 4.76. The number of fused-ring (bicyclic) bond motifs is 1. The smallest absolute Gasteiger partial charge is 0.248 e. The Bertz CT molecular complexity index is 833. The summed E-state index contributed by atoms with van der Waals surface area (Å²) in [6.45, 7) is 3.89. The standard InChI is InChI=1S/C24H35FN4O3/c1-15-7-8-20(25)19-12-21(27-23(15)19)24(31)26-16-5-4-6-17(11-16)29-10-9-18(13-29)28(2)22(30)14-32-3/h7-8,16-18,21,27H,4-6,9-14H2,1-3H3,(H,26,31)/t16-,17?,18?,21?/m1/s1. The van der Waals surface area contributed by atoms with Crippen molar-refractivity contribution in [1.29, 1.82) is 0 Å². The number of nitrogens with one attached hydrogen (secondary N) is 2. The molecule has 7 nitrogen and oxygen atoms in total. The molecule has 3 unspecified atom stereocenters. The lowest BCUT2D eigenvalue weighted by molar-refractivity contribution is -0.135. The zero-order valence-corrected chi connectivity index (χ0v) is 19.3. The highest BCUT2D eigenvalue weighted by molar-refractivity contribution is 5.88. The van der Waals surface area contributed by atoms with Crippen molar-refractivity contribution in [2.75, 3.05) is 39.2 Å². The van der Waals surface area contributed by atoms with E-state index in [1.165, 1.54) is 6.07 Å². The van der Waals surface area contributed by atoms with Crippen LogP contribution in [-0.4, -0.2) is 79.6 Å². The second-order valence-electron chi connectivity index (χ2n) is 9.52. The monoisotopic (exact) mass is 446 g/mol. The Morgan fingerprint density at radius 1 is 1.31 bits per heavy atom. The van der Waals surface area contributed by atoms with Crippen molar-refractivity contribution >= 4 is 17.5 Å². The molecule has 0 radical (unpaired) electrons. The number of carbonyl (C=O) groups is 2. The van der Waals surface area contributed by atoms with Crippen LogP contribution in [0.2, 0.25) is 0 Å². The number of methoxy groups -OCH3 is 1. The van der Waals surface area contributed by atoms with Crippen LogP contribution in [0.3, 0.4) is 0 Å². The van der Waals surface area contributed by atoms with Gasteiger partial charge in [-0.1, -0.05) is 6.07 Å². The van der Waals surface area contributed by atoms with Crippen LogP contribution in [-0.2, 0) is 20.7 Å². The van der Waals surface area contributed by atoms with Gasteiger partial charge < -0.3 is 20.3 Å². The van der Waals surface area contributed by atoms with Gasteiger partial charge in [0.1, 0.15) is 18.5 Å². The molecular weight excluding hydrogens is 411 g/mol. The quantitative estimate of drug-likeness (QED) is 0.700. The highest BCUT2D eigenvalue weighted by atomic mass is 19.1. The highest BCUT2D eigenvalue weighted by Gasteiger charge is 2.36. The van der Waals surface area contributed by atoms with E-state index in [0.29, 0.717) is 18.0 Å². The molecule has 1 saturated carbocycles. The van der Waals surface area contributed by atoms with Gasteiger partial charge in [0.15, 0.2) is 0 Å². The number of hydrogen-bond acceptors (Lipinski definition) is 5. The van der Waals surface area contributed by atoms with E-state index in [1.807, 2.05) is 18.9 Å². The van der Waals surface area contributed by atoms with Gasteiger partial charge in [-0.05, 0) is 50.7 Å². The number of likely N-dealkylation sites (tertiary alicyclic amines) is 1. The molecule has 1 aromatic rings. The molecule has 8 heteroatoms. The normalized spacial score (nSPS) is 27.6. The van der Waals surface area contributed by atoms with Gasteiger partial charge >= 0.3 is 0 Å². The SMILES string of the molecule is COCC(=O)N(C)C1CCN(C2CCC[C@@H](NC(=O)C3Cc4c(F)ccc(C)c4N3)C2)C1. The average molecular weight is 447 g/mol. The maximum Gasteiger partial charge on any atom is 0.248 e. The van der Waals surface area contributed by atoms with E-state index in [-0.39, 0.29) is 36.3 Å². The predicted octanol–water partition coefficient (Wildman–Crippen LogP) is 2.08. The second kappa shape index (κ2) is 9.75. The lowest BCUT2D eigenvalue weighted by Gasteiger charge is -2.36. The number of amides is 2. The zero-order chi connectivity index (χ0) is 22.8. The third-order valence-electron chi connectivity index (χ3n) is 7.42. The molecule has 1 aliphatic carbocycles. The van der Waals surface area contributed by atoms with Crippen LogP contribution >= 0.6 is 0 Å². The molecule has 0 aromatic heterocycles. The maximum atomic E-state index is 14.2. The number of benzene rings is 1. The lowest BCUT2D eigenvalue weighted by Crippen LogP contribution is -2.49. The number of aryl methyl sites for hydroxylation is 1. The largest absolute Gasteiger partial charge is 0.375 e. The van der Waals surface area contributed by atoms with Gasteiger partial charge in [-0.15, -0.1) is 0 Å². The Balaban J connectivity index is 1.29. The maximum absolute atomic E-state index is 14.2. The third-order valence-corrected chi connectivity index (χ3v) is 7.42. The molecule has 4 atom stereocenters. The molecule has 2 N–H and O–H groups in total. The zero-order valence-electron chi connectivity index (χ0n) is 19.3. The van der Waals surface area contributed by atoms with E-state index in [0.717, 1.165) is 56.4 Å². The van der Waals surface area contributed by atoms with Crippen molar-refractivity contribution < 1.29 is 18.7 Å². The molecule has 2 heterocycles. The Hall–Kier alpha value is -2.19. The van der Waals surface area contributed by atoms with Crippen LogP contribution in [0.25, 0.3) is 0 Å². The molecule has 1 aromatic carbocycles. The molecule has 4 rings (SSSR count). The Labute approximate surface area is 189 Å². The Kier molecular flexibility index (Phi) is 7.00. The van der Waals surface area contributed by atoms with Crippen molar-refractivity contribution in [3.8, 4) is 0 Å². The van der Waals surface area contributed by atoms with Crippen molar-refractivity contribution in [3.63, 3.8) is 0 Å². The minimum atomic E-state index is -0.419. The number of hydrogen-bond donors (Lipinski definition) is 2. The van der Waals surface area contributed by atoms with Gasteiger partial charge in [0.25, 0.3) is 0 Å². The summed E-state index contributed by atoms with van der Waals surface area (Å²) < 4.78 is 19.1. The van der Waals surface area contributed by atoms with Crippen LogP contribution in [0, 0.1) is 12.7 Å². The molecule has 32 heavy (non-hydrogen) atoms. The van der Waals surface area contributed by atoms with Gasteiger partial charge in [-0.25, -0.2) is 4.39 Å².